The van der Waals surface area contributed by atoms with Crippen LogP contribution >= 0.6 is 11.6 Å². The van der Waals surface area contributed by atoms with E-state index in [-0.39, 0.29) is 16.8 Å². The third-order valence-corrected chi connectivity index (χ3v) is 3.90. The van der Waals surface area contributed by atoms with Gasteiger partial charge in [-0.25, -0.2) is 9.59 Å². The highest BCUT2D eigenvalue weighted by Gasteiger charge is 2.13. The van der Waals surface area contributed by atoms with Gasteiger partial charge < -0.3 is 14.5 Å². The van der Waals surface area contributed by atoms with Crippen LogP contribution in [-0.2, 0) is 4.79 Å². The highest BCUT2D eigenvalue weighted by Crippen LogP contribution is 2.30. The lowest BCUT2D eigenvalue weighted by atomic mass is 10.1. The number of amides is 3. The summed E-state index contributed by atoms with van der Waals surface area (Å²) in [6, 6.07) is 3.77. The second-order valence-electron chi connectivity index (χ2n) is 5.65. The molecule has 134 valence electrons. The van der Waals surface area contributed by atoms with Gasteiger partial charge in [0.2, 0.25) is 0 Å². The summed E-state index contributed by atoms with van der Waals surface area (Å²) in [6.07, 6.45) is 0.745. The zero-order valence-electron chi connectivity index (χ0n) is 14.1. The third kappa shape index (κ3) is 4.96. The molecule has 0 bridgehead atoms. The minimum atomic E-state index is -0.623. The third-order valence-electron chi connectivity index (χ3n) is 3.61. The zero-order valence-corrected chi connectivity index (χ0v) is 14.9. The van der Waals surface area contributed by atoms with Gasteiger partial charge in [-0.2, -0.15) is 0 Å². The van der Waals surface area contributed by atoms with Crippen LogP contribution in [0.25, 0.3) is 11.0 Å². The Hall–Kier alpha value is -2.54. The molecule has 0 unspecified atom stereocenters. The monoisotopic (exact) mass is 366 g/mol. The fourth-order valence-electron chi connectivity index (χ4n) is 2.10. The first kappa shape index (κ1) is 18.8. The molecule has 1 heterocycles. The summed E-state index contributed by atoms with van der Waals surface area (Å²) in [5.74, 6) is -0.442. The van der Waals surface area contributed by atoms with E-state index >= 15 is 0 Å². The smallest absolute Gasteiger partial charge is 0.336 e. The number of nitrogens with one attached hydrogen (secondary N) is 2. The number of aryl methyl sites for hydroxylation is 1. The molecule has 0 aliphatic carbocycles. The average molecular weight is 367 g/mol. The Labute approximate surface area is 149 Å². The van der Waals surface area contributed by atoms with Crippen LogP contribution in [0.3, 0.4) is 0 Å². The summed E-state index contributed by atoms with van der Waals surface area (Å²) in [4.78, 5) is 34.8. The maximum absolute atomic E-state index is 11.8. The topological polar surface area (TPSA) is 97.6 Å². The number of rotatable bonds is 5. The van der Waals surface area contributed by atoms with Crippen LogP contribution in [0.15, 0.2) is 27.4 Å². The summed E-state index contributed by atoms with van der Waals surface area (Å²) >= 11 is 6.14. The van der Waals surface area contributed by atoms with Gasteiger partial charge in [-0.05, 0) is 31.9 Å². The van der Waals surface area contributed by atoms with Crippen LogP contribution in [0.5, 0.6) is 5.75 Å². The van der Waals surface area contributed by atoms with Crippen molar-refractivity contribution in [3.63, 3.8) is 0 Å². The van der Waals surface area contributed by atoms with Gasteiger partial charge in [-0.3, -0.25) is 10.1 Å². The molecule has 7 nitrogen and oxygen atoms in total. The van der Waals surface area contributed by atoms with E-state index in [0.717, 1.165) is 12.0 Å². The van der Waals surface area contributed by atoms with Crippen LogP contribution < -0.4 is 21.0 Å². The fourth-order valence-corrected chi connectivity index (χ4v) is 2.32. The van der Waals surface area contributed by atoms with Crippen molar-refractivity contribution >= 4 is 34.5 Å². The Morgan fingerprint density at radius 2 is 2.04 bits per heavy atom. The molecule has 1 aromatic carbocycles. The quantitative estimate of drug-likeness (QED) is 0.793. The first-order valence-electron chi connectivity index (χ1n) is 7.77. The predicted octanol–water partition coefficient (Wildman–Crippen LogP) is 2.76. The molecule has 8 heteroatoms. The van der Waals surface area contributed by atoms with Crippen LogP contribution in [0, 0.1) is 6.92 Å². The van der Waals surface area contributed by atoms with Crippen molar-refractivity contribution in [1.82, 2.24) is 10.6 Å². The number of fused-ring (bicyclic) bond motifs is 1. The van der Waals surface area contributed by atoms with Gasteiger partial charge in [0.15, 0.2) is 6.61 Å². The Kier molecular flexibility index (Phi) is 6.03. The molecule has 1 aromatic heterocycles. The molecule has 0 saturated heterocycles. The van der Waals surface area contributed by atoms with E-state index in [2.05, 4.69) is 10.6 Å². The van der Waals surface area contributed by atoms with Crippen molar-refractivity contribution in [3.05, 3.63) is 39.2 Å². The summed E-state index contributed by atoms with van der Waals surface area (Å²) < 4.78 is 10.4. The number of halogens is 1. The number of urea groups is 1. The number of carbonyl (C=O) groups is 2. The summed E-state index contributed by atoms with van der Waals surface area (Å²) in [7, 11) is 0. The number of imide groups is 1. The predicted molar refractivity (Wildman–Crippen MR) is 94.2 cm³/mol. The second kappa shape index (κ2) is 8.02. The Morgan fingerprint density at radius 3 is 2.72 bits per heavy atom. The molecule has 0 saturated carbocycles. The molecule has 2 N–H and O–H groups in total. The number of hydrogen-bond acceptors (Lipinski definition) is 5. The van der Waals surface area contributed by atoms with E-state index in [9.17, 15) is 14.4 Å². The Morgan fingerprint density at radius 1 is 1.32 bits per heavy atom. The normalized spacial score (nSPS) is 11.8. The fraction of sp³-hybridized carbons (Fsp3) is 0.353. The summed E-state index contributed by atoms with van der Waals surface area (Å²) in [5.41, 5.74) is 0.538. The molecule has 1 atom stereocenters. The van der Waals surface area contributed by atoms with Crippen LogP contribution in [0.1, 0.15) is 25.8 Å². The molecule has 2 rings (SSSR count). The zero-order chi connectivity index (χ0) is 18.6. The summed E-state index contributed by atoms with van der Waals surface area (Å²) in [6.45, 7) is 5.09. The van der Waals surface area contributed by atoms with Crippen LogP contribution in [0.4, 0.5) is 4.79 Å². The maximum Gasteiger partial charge on any atom is 0.336 e. The van der Waals surface area contributed by atoms with Crippen molar-refractivity contribution in [1.29, 1.82) is 0 Å². The molecule has 0 aliphatic rings. The van der Waals surface area contributed by atoms with Crippen molar-refractivity contribution in [2.24, 2.45) is 0 Å². The van der Waals surface area contributed by atoms with E-state index in [4.69, 9.17) is 20.8 Å². The van der Waals surface area contributed by atoms with Crippen LogP contribution in [-0.4, -0.2) is 24.6 Å². The van der Waals surface area contributed by atoms with Gasteiger partial charge in [-0.1, -0.05) is 18.5 Å². The maximum atomic E-state index is 11.8. The van der Waals surface area contributed by atoms with E-state index in [1.54, 1.807) is 13.0 Å². The summed E-state index contributed by atoms with van der Waals surface area (Å²) in [5, 5.41) is 5.70. The molecule has 2 aromatic rings. The average Bonchev–Trinajstić information content (AvgIpc) is 2.53. The minimum absolute atomic E-state index is 0.0465. The SMILES string of the molecule is CC[C@H](C)NC(=O)NC(=O)COc1cc2oc(=O)cc(C)c2cc1Cl. The molecule has 0 fully saturated rings. The van der Waals surface area contributed by atoms with Gasteiger partial charge in [0.1, 0.15) is 11.3 Å². The highest BCUT2D eigenvalue weighted by atomic mass is 35.5. The minimum Gasteiger partial charge on any atom is -0.482 e. The molecule has 0 aliphatic heterocycles. The van der Waals surface area contributed by atoms with Gasteiger partial charge in [-0.15, -0.1) is 0 Å². The first-order valence-corrected chi connectivity index (χ1v) is 8.15. The van der Waals surface area contributed by atoms with Gasteiger partial charge in [0.25, 0.3) is 5.91 Å². The van der Waals surface area contributed by atoms with Gasteiger partial charge in [0, 0.05) is 23.6 Å². The number of carbonyl (C=O) groups excluding carboxylic acids is 2. The Balaban J connectivity index is 2.05. The van der Waals surface area contributed by atoms with Crippen molar-refractivity contribution in [2.45, 2.75) is 33.2 Å². The molecule has 0 spiro atoms. The standard InChI is InChI=1S/C17H19ClN2O5/c1-4-10(3)19-17(23)20-15(21)8-24-14-7-13-11(6-12(14)18)9(2)5-16(22)25-13/h5-7,10H,4,8H2,1-3H3,(H2,19,20,21,23)/t10-/m0/s1. The van der Waals surface area contributed by atoms with Crippen molar-refractivity contribution in [2.75, 3.05) is 6.61 Å². The lowest BCUT2D eigenvalue weighted by molar-refractivity contribution is -0.122. The molecule has 25 heavy (non-hydrogen) atoms. The van der Waals surface area contributed by atoms with Crippen molar-refractivity contribution in [3.8, 4) is 5.75 Å². The van der Waals surface area contributed by atoms with E-state index < -0.39 is 24.2 Å². The number of ether oxygens (including phenoxy) is 1. The highest BCUT2D eigenvalue weighted by molar-refractivity contribution is 6.32. The second-order valence-corrected chi connectivity index (χ2v) is 6.05. The van der Waals surface area contributed by atoms with E-state index in [1.807, 2.05) is 13.8 Å². The van der Waals surface area contributed by atoms with Gasteiger partial charge in [0.05, 0.1) is 5.02 Å². The Bertz CT molecular complexity index is 862. The molecular formula is C17H19ClN2O5. The van der Waals surface area contributed by atoms with E-state index in [0.29, 0.717) is 11.0 Å². The lowest BCUT2D eigenvalue weighted by Gasteiger charge is -2.12. The molecule has 0 radical (unpaired) electrons. The van der Waals surface area contributed by atoms with Crippen molar-refractivity contribution < 1.29 is 18.7 Å². The van der Waals surface area contributed by atoms with E-state index in [1.165, 1.54) is 12.1 Å². The largest absolute Gasteiger partial charge is 0.482 e. The first-order chi connectivity index (χ1) is 11.8. The number of benzene rings is 1. The van der Waals surface area contributed by atoms with Crippen LogP contribution in [0.2, 0.25) is 5.02 Å². The number of hydrogen-bond donors (Lipinski definition) is 2. The molecular weight excluding hydrogens is 348 g/mol. The molecule has 3 amide bonds. The van der Waals surface area contributed by atoms with Gasteiger partial charge >= 0.3 is 11.7 Å². The lowest BCUT2D eigenvalue weighted by Crippen LogP contribution is -2.44.